The summed E-state index contributed by atoms with van der Waals surface area (Å²) in [6.07, 6.45) is -0.260. The van der Waals surface area contributed by atoms with E-state index in [2.05, 4.69) is 10.3 Å². The minimum absolute atomic E-state index is 0.136. The van der Waals surface area contributed by atoms with Crippen LogP contribution in [0.25, 0.3) is 0 Å². The first-order valence-corrected chi connectivity index (χ1v) is 13.8. The van der Waals surface area contributed by atoms with Crippen LogP contribution >= 0.6 is 11.8 Å². The number of hydrogen-bond donors (Lipinski definition) is 2. The summed E-state index contributed by atoms with van der Waals surface area (Å²) in [5.41, 5.74) is 2.60. The van der Waals surface area contributed by atoms with Crippen LogP contribution in [0.3, 0.4) is 0 Å². The molecule has 35 heavy (non-hydrogen) atoms. The molecule has 1 unspecified atom stereocenters. The van der Waals surface area contributed by atoms with Crippen LogP contribution in [0.1, 0.15) is 23.5 Å². The molecule has 0 spiro atoms. The van der Waals surface area contributed by atoms with Crippen LogP contribution in [0.5, 0.6) is 5.75 Å². The largest absolute Gasteiger partial charge is 0.489 e. The highest BCUT2D eigenvalue weighted by atomic mass is 32.2. The number of carbonyl (C=O) groups is 1. The predicted molar refractivity (Wildman–Crippen MR) is 139 cm³/mol. The van der Waals surface area contributed by atoms with E-state index in [1.807, 2.05) is 30.3 Å². The number of hydrogen-bond acceptors (Lipinski definition) is 7. The summed E-state index contributed by atoms with van der Waals surface area (Å²) in [7, 11) is -3.69. The third kappa shape index (κ3) is 7.10. The fraction of sp³-hybridized carbons (Fsp3) is 0.231. The molecule has 1 aliphatic rings. The zero-order valence-electron chi connectivity index (χ0n) is 19.0. The van der Waals surface area contributed by atoms with E-state index in [-0.39, 0.29) is 17.1 Å². The van der Waals surface area contributed by atoms with Crippen molar-refractivity contribution in [3.8, 4) is 5.75 Å². The summed E-state index contributed by atoms with van der Waals surface area (Å²) in [6, 6.07) is 23.0. The molecule has 1 heterocycles. The zero-order valence-corrected chi connectivity index (χ0v) is 20.6. The molecule has 0 saturated heterocycles. The lowest BCUT2D eigenvalue weighted by Crippen LogP contribution is -2.18. The number of sulfone groups is 1. The Hall–Kier alpha value is -3.30. The Labute approximate surface area is 209 Å². The lowest BCUT2D eigenvalue weighted by atomic mass is 9.98. The van der Waals surface area contributed by atoms with Crippen molar-refractivity contribution in [1.29, 1.82) is 0 Å². The minimum atomic E-state index is -3.69. The normalized spacial score (nSPS) is 14.2. The molecule has 2 N–H and O–H groups in total. The van der Waals surface area contributed by atoms with Gasteiger partial charge in [-0.25, -0.2) is 8.42 Å². The van der Waals surface area contributed by atoms with Crippen molar-refractivity contribution in [1.82, 2.24) is 0 Å². The number of carboxylic acid groups (broad SMARTS) is 1. The minimum Gasteiger partial charge on any atom is -0.489 e. The molecule has 182 valence electrons. The van der Waals surface area contributed by atoms with Crippen LogP contribution in [-0.2, 0) is 21.2 Å². The number of ether oxygens (including phenoxy) is 1. The average Bonchev–Trinajstić information content (AvgIpc) is 3.36. The van der Waals surface area contributed by atoms with Gasteiger partial charge in [0, 0.05) is 17.4 Å². The highest BCUT2D eigenvalue weighted by Crippen LogP contribution is 2.26. The highest BCUT2D eigenvalue weighted by molar-refractivity contribution is 8.14. The van der Waals surface area contributed by atoms with Gasteiger partial charge in [-0.15, -0.1) is 0 Å². The molecule has 0 bridgehead atoms. The topological polar surface area (TPSA) is 105 Å². The number of nitrogens with one attached hydrogen (secondary N) is 1. The number of thioether (sulfide) groups is 1. The van der Waals surface area contributed by atoms with Gasteiger partial charge < -0.3 is 15.2 Å². The molecule has 0 aliphatic carbocycles. The summed E-state index contributed by atoms with van der Waals surface area (Å²) in [5.74, 6) is -0.421. The highest BCUT2D eigenvalue weighted by Gasteiger charge is 2.25. The second-order valence-corrected chi connectivity index (χ2v) is 11.2. The quantitative estimate of drug-likeness (QED) is 0.403. The molecule has 7 nitrogen and oxygen atoms in total. The van der Waals surface area contributed by atoms with E-state index in [4.69, 9.17) is 4.74 Å². The maximum absolute atomic E-state index is 13.0. The molecule has 0 aromatic heterocycles. The van der Waals surface area contributed by atoms with Crippen molar-refractivity contribution in [2.24, 2.45) is 4.99 Å². The lowest BCUT2D eigenvalue weighted by molar-refractivity contribution is -0.137. The van der Waals surface area contributed by atoms with Crippen molar-refractivity contribution in [2.45, 2.75) is 23.8 Å². The van der Waals surface area contributed by atoms with Crippen LogP contribution in [0.4, 0.5) is 5.69 Å². The van der Waals surface area contributed by atoms with E-state index in [0.29, 0.717) is 17.9 Å². The summed E-state index contributed by atoms with van der Waals surface area (Å²) in [5, 5.41) is 13.5. The van der Waals surface area contributed by atoms with E-state index in [1.165, 1.54) is 12.1 Å². The van der Waals surface area contributed by atoms with Gasteiger partial charge in [-0.05, 0) is 47.5 Å². The third-order valence-corrected chi connectivity index (χ3v) is 8.19. The fourth-order valence-corrected chi connectivity index (χ4v) is 6.08. The first kappa shape index (κ1) is 24.8. The molecule has 1 atom stereocenters. The van der Waals surface area contributed by atoms with Gasteiger partial charge in [0.15, 0.2) is 15.0 Å². The maximum Gasteiger partial charge on any atom is 0.303 e. The maximum atomic E-state index is 13.0. The van der Waals surface area contributed by atoms with Crippen molar-refractivity contribution < 1.29 is 23.1 Å². The standard InChI is InChI=1S/C26H26N2O5S2/c29-25(30)16-21(20-6-2-1-3-7-20)18-35(31,32)24-11-9-23(10-12-24)33-17-19-5-4-8-22(15-19)28-26-27-13-14-34-26/h1-12,15,21H,13-14,16-18H2,(H,27,28)(H,29,30). The lowest BCUT2D eigenvalue weighted by Gasteiger charge is -2.16. The predicted octanol–water partition coefficient (Wildman–Crippen LogP) is 4.81. The van der Waals surface area contributed by atoms with Gasteiger partial charge in [-0.2, -0.15) is 0 Å². The van der Waals surface area contributed by atoms with Gasteiger partial charge in [-0.1, -0.05) is 54.2 Å². The first-order chi connectivity index (χ1) is 16.9. The van der Waals surface area contributed by atoms with Crippen LogP contribution in [0.15, 0.2) is 88.8 Å². The number of amidine groups is 1. The molecule has 0 amide bonds. The van der Waals surface area contributed by atoms with Gasteiger partial charge in [-0.3, -0.25) is 9.79 Å². The Morgan fingerprint density at radius 1 is 1.06 bits per heavy atom. The van der Waals surface area contributed by atoms with Crippen molar-refractivity contribution in [3.63, 3.8) is 0 Å². The van der Waals surface area contributed by atoms with Gasteiger partial charge in [0.2, 0.25) is 0 Å². The Morgan fingerprint density at radius 3 is 2.51 bits per heavy atom. The molecular weight excluding hydrogens is 484 g/mol. The molecular formula is C26H26N2O5S2. The third-order valence-electron chi connectivity index (χ3n) is 5.46. The summed E-state index contributed by atoms with van der Waals surface area (Å²) in [6.45, 7) is 1.16. The molecule has 4 rings (SSSR count). The van der Waals surface area contributed by atoms with Gasteiger partial charge >= 0.3 is 5.97 Å². The number of aliphatic imine (C=N–C) groups is 1. The summed E-state index contributed by atoms with van der Waals surface area (Å²) in [4.78, 5) is 15.9. The summed E-state index contributed by atoms with van der Waals surface area (Å²) >= 11 is 1.69. The molecule has 3 aromatic carbocycles. The SMILES string of the molecule is O=C(O)CC(CS(=O)(=O)c1ccc(OCc2cccc(NC3=NCCS3)c2)cc1)c1ccccc1. The van der Waals surface area contributed by atoms with Crippen LogP contribution in [-0.4, -0.2) is 42.7 Å². The first-order valence-electron chi connectivity index (χ1n) is 11.1. The molecule has 1 aliphatic heterocycles. The van der Waals surface area contributed by atoms with Crippen molar-refractivity contribution in [3.05, 3.63) is 90.0 Å². The number of carboxylic acids is 1. The van der Waals surface area contributed by atoms with Crippen LogP contribution in [0.2, 0.25) is 0 Å². The second kappa shape index (κ2) is 11.4. The number of nitrogens with zero attached hydrogens (tertiary/aromatic N) is 1. The average molecular weight is 511 g/mol. The van der Waals surface area contributed by atoms with E-state index >= 15 is 0 Å². The molecule has 0 fully saturated rings. The van der Waals surface area contributed by atoms with E-state index in [9.17, 15) is 18.3 Å². The number of anilines is 1. The number of aliphatic carboxylic acids is 1. The van der Waals surface area contributed by atoms with Gasteiger partial charge in [0.25, 0.3) is 0 Å². The second-order valence-electron chi connectivity index (χ2n) is 8.11. The monoisotopic (exact) mass is 510 g/mol. The number of benzene rings is 3. The van der Waals surface area contributed by atoms with Crippen molar-refractivity contribution >= 4 is 38.4 Å². The molecule has 3 aromatic rings. The fourth-order valence-electron chi connectivity index (χ4n) is 3.75. The Bertz CT molecular complexity index is 1290. The molecule has 0 radical (unpaired) electrons. The van der Waals surface area contributed by atoms with Crippen LogP contribution in [0, 0.1) is 0 Å². The Balaban J connectivity index is 1.39. The number of rotatable bonds is 10. The Kier molecular flexibility index (Phi) is 8.09. The van der Waals surface area contributed by atoms with E-state index in [0.717, 1.165) is 28.7 Å². The van der Waals surface area contributed by atoms with Crippen molar-refractivity contribution in [2.75, 3.05) is 23.4 Å². The molecule has 9 heteroatoms. The smallest absolute Gasteiger partial charge is 0.303 e. The Morgan fingerprint density at radius 2 is 1.83 bits per heavy atom. The molecule has 0 saturated carbocycles. The van der Waals surface area contributed by atoms with E-state index in [1.54, 1.807) is 48.2 Å². The van der Waals surface area contributed by atoms with E-state index < -0.39 is 21.7 Å². The summed E-state index contributed by atoms with van der Waals surface area (Å²) < 4.78 is 31.9. The van der Waals surface area contributed by atoms with Gasteiger partial charge in [0.05, 0.1) is 23.6 Å². The van der Waals surface area contributed by atoms with Crippen LogP contribution < -0.4 is 10.1 Å². The zero-order chi connectivity index (χ0) is 24.7. The van der Waals surface area contributed by atoms with Gasteiger partial charge in [0.1, 0.15) is 12.4 Å².